The van der Waals surface area contributed by atoms with Crippen LogP contribution in [-0.2, 0) is 25.3 Å². The van der Waals surface area contributed by atoms with Crippen LogP contribution in [-0.4, -0.2) is 81.6 Å². The van der Waals surface area contributed by atoms with Crippen LogP contribution in [0.4, 0.5) is 11.5 Å². The van der Waals surface area contributed by atoms with Crippen LogP contribution in [0.2, 0.25) is 0 Å². The molecule has 0 saturated carbocycles. The molecule has 1 atom stereocenters. The highest BCUT2D eigenvalue weighted by atomic mass is 32.2. The Morgan fingerprint density at radius 1 is 1.05 bits per heavy atom. The Kier molecular flexibility index (Phi) is 9.32. The minimum atomic E-state index is -1.74. The summed E-state index contributed by atoms with van der Waals surface area (Å²) in [4.78, 5) is 33.3. The highest BCUT2D eigenvalue weighted by molar-refractivity contribution is 7.82. The van der Waals surface area contributed by atoms with Crippen molar-refractivity contribution in [3.63, 3.8) is 0 Å². The number of amides is 1. The fraction of sp³-hybridized carbons (Fsp3) is 0.280. The predicted molar refractivity (Wildman–Crippen MR) is 139 cm³/mol. The van der Waals surface area contributed by atoms with Gasteiger partial charge in [0.1, 0.15) is 29.9 Å². The maximum atomic E-state index is 13.1. The maximum absolute atomic E-state index is 13.1. The van der Waals surface area contributed by atoms with Gasteiger partial charge in [-0.15, -0.1) is 0 Å². The van der Waals surface area contributed by atoms with Crippen molar-refractivity contribution in [3.8, 4) is 17.0 Å². The van der Waals surface area contributed by atoms with E-state index >= 15 is 0 Å². The lowest BCUT2D eigenvalue weighted by Crippen LogP contribution is -2.34. The summed E-state index contributed by atoms with van der Waals surface area (Å²) >= 11 is 0. The number of anilines is 2. The Labute approximate surface area is 221 Å². The maximum Gasteiger partial charge on any atom is 0.318 e. The highest BCUT2D eigenvalue weighted by Gasteiger charge is 2.20. The van der Waals surface area contributed by atoms with Crippen molar-refractivity contribution in [1.82, 2.24) is 14.3 Å². The number of aromatic nitrogens is 2. The molecule has 0 fully saturated rings. The molecule has 4 bridgehead atoms. The van der Waals surface area contributed by atoms with Crippen LogP contribution in [0.5, 0.6) is 5.75 Å². The smallest absolute Gasteiger partial charge is 0.318 e. The third kappa shape index (κ3) is 7.10. The van der Waals surface area contributed by atoms with E-state index < -0.39 is 29.4 Å². The first kappa shape index (κ1) is 27.1. The number of nitrogens with one attached hydrogen (secondary N) is 1. The second kappa shape index (κ2) is 13.1. The van der Waals surface area contributed by atoms with Crippen molar-refractivity contribution in [1.29, 1.82) is 0 Å². The summed E-state index contributed by atoms with van der Waals surface area (Å²) in [6.07, 6.45) is 1.43. The topological polar surface area (TPSA) is 166 Å². The number of ether oxygens (including phenoxy) is 3. The van der Waals surface area contributed by atoms with E-state index in [1.807, 2.05) is 0 Å². The summed E-state index contributed by atoms with van der Waals surface area (Å²) < 4.78 is 31.2. The summed E-state index contributed by atoms with van der Waals surface area (Å²) in [7, 11) is -1.74. The van der Waals surface area contributed by atoms with Gasteiger partial charge >= 0.3 is 5.97 Å². The van der Waals surface area contributed by atoms with Crippen LogP contribution < -0.4 is 15.8 Å². The Balaban J connectivity index is 1.63. The van der Waals surface area contributed by atoms with Gasteiger partial charge in [0.2, 0.25) is 0 Å². The van der Waals surface area contributed by atoms with Crippen molar-refractivity contribution in [2.45, 2.75) is 4.90 Å². The molecule has 0 radical (unpaired) electrons. The molecule has 3 heterocycles. The third-order valence-corrected chi connectivity index (χ3v) is 6.85. The predicted octanol–water partition coefficient (Wildman–Crippen LogP) is 1.81. The average Bonchev–Trinajstić information content (AvgIpc) is 2.91. The number of nitrogen functional groups attached to an aromatic ring is 1. The van der Waals surface area contributed by atoms with E-state index in [1.54, 1.807) is 48.5 Å². The van der Waals surface area contributed by atoms with Gasteiger partial charge in [-0.1, -0.05) is 24.3 Å². The van der Waals surface area contributed by atoms with Crippen LogP contribution in [0.25, 0.3) is 11.3 Å². The van der Waals surface area contributed by atoms with Gasteiger partial charge in [-0.2, -0.15) is 0 Å². The number of hydrogen-bond donors (Lipinski definition) is 3. The molecule has 2 aliphatic rings. The van der Waals surface area contributed by atoms with Gasteiger partial charge in [-0.25, -0.2) is 18.5 Å². The van der Waals surface area contributed by atoms with Gasteiger partial charge in [0, 0.05) is 12.1 Å². The molecule has 0 spiro atoms. The lowest BCUT2D eigenvalue weighted by molar-refractivity contribution is -0.137. The van der Waals surface area contributed by atoms with Crippen molar-refractivity contribution in [2.75, 3.05) is 57.2 Å². The number of nitrogens with two attached hydrogens (primary N) is 1. The molecule has 0 saturated heterocycles. The largest absolute Gasteiger partial charge is 0.489 e. The molecule has 4 N–H and O–H groups in total. The van der Waals surface area contributed by atoms with E-state index in [0.717, 1.165) is 0 Å². The average molecular weight is 542 g/mol. The number of fused-ring (bicyclic) bond motifs is 13. The number of nitrogens with zero attached hydrogens (tertiary/aromatic N) is 3. The molecule has 0 aliphatic carbocycles. The van der Waals surface area contributed by atoms with Crippen molar-refractivity contribution < 1.29 is 33.1 Å². The minimum Gasteiger partial charge on any atom is -0.489 e. The Hall–Kier alpha value is -3.91. The Bertz CT molecular complexity index is 1310. The number of carboxylic acid groups (broad SMARTS) is 1. The zero-order valence-corrected chi connectivity index (χ0v) is 21.2. The molecular weight excluding hydrogens is 514 g/mol. The summed E-state index contributed by atoms with van der Waals surface area (Å²) in [6.45, 7) is 0.960. The number of para-hydroxylation sites is 2. The van der Waals surface area contributed by atoms with E-state index in [1.165, 1.54) is 10.5 Å². The SMILES string of the molecule is Nc1ncc2nc1C(=O)Nc1ccccc1OCCOCCOCCN(CC(=O)O)S(=O)c1ccc-2cc1. The van der Waals surface area contributed by atoms with E-state index in [0.29, 0.717) is 34.2 Å². The zero-order valence-electron chi connectivity index (χ0n) is 20.4. The van der Waals surface area contributed by atoms with Gasteiger partial charge < -0.3 is 30.4 Å². The molecule has 2 aliphatic heterocycles. The fourth-order valence-electron chi connectivity index (χ4n) is 3.54. The number of carboxylic acids is 1. The quantitative estimate of drug-likeness (QED) is 0.407. The summed E-state index contributed by atoms with van der Waals surface area (Å²) in [5.74, 6) is -1.26. The lowest BCUT2D eigenvalue weighted by Gasteiger charge is -2.19. The fourth-order valence-corrected chi connectivity index (χ4v) is 4.68. The lowest BCUT2D eigenvalue weighted by atomic mass is 10.1. The Morgan fingerprint density at radius 3 is 2.53 bits per heavy atom. The Morgan fingerprint density at radius 2 is 1.76 bits per heavy atom. The standard InChI is InChI=1S/C25H27N5O7S/c26-24-23-25(33)29-19-3-1-2-4-21(19)37-14-13-36-12-11-35-10-9-30(16-22(31)32)38(34)18-7-5-17(6-8-18)20(28-23)15-27-24/h1-8,15H,9-14,16H2,(H2,26,27)(H,29,33)(H,31,32). The van der Waals surface area contributed by atoms with Crippen LogP contribution in [0.1, 0.15) is 10.5 Å². The van der Waals surface area contributed by atoms with E-state index in [4.69, 9.17) is 19.9 Å². The minimum absolute atomic E-state index is 0.0447. The molecule has 1 aromatic heterocycles. The van der Waals surface area contributed by atoms with Crippen molar-refractivity contribution in [2.24, 2.45) is 0 Å². The first-order valence-corrected chi connectivity index (χ1v) is 12.8. The molecule has 2 aromatic carbocycles. The van der Waals surface area contributed by atoms with Gasteiger partial charge in [0.15, 0.2) is 11.5 Å². The summed E-state index contributed by atoms with van der Waals surface area (Å²) in [6, 6.07) is 13.5. The number of carbonyl (C=O) groups excluding carboxylic acids is 1. The van der Waals surface area contributed by atoms with Crippen LogP contribution in [0, 0.1) is 0 Å². The molecule has 38 heavy (non-hydrogen) atoms. The van der Waals surface area contributed by atoms with Gasteiger partial charge in [-0.3, -0.25) is 9.59 Å². The van der Waals surface area contributed by atoms with Crippen LogP contribution in [0.3, 0.4) is 0 Å². The van der Waals surface area contributed by atoms with Crippen molar-refractivity contribution >= 4 is 34.4 Å². The van der Waals surface area contributed by atoms with Crippen LogP contribution >= 0.6 is 0 Å². The van der Waals surface area contributed by atoms with Crippen molar-refractivity contribution in [3.05, 3.63) is 60.4 Å². The second-order valence-corrected chi connectivity index (χ2v) is 9.53. The number of benzene rings is 2. The molecule has 1 unspecified atom stereocenters. The van der Waals surface area contributed by atoms with Gasteiger partial charge in [0.05, 0.1) is 48.9 Å². The molecule has 3 aromatic rings. The first-order valence-electron chi connectivity index (χ1n) is 11.7. The number of aliphatic carboxylic acids is 1. The molecule has 13 heteroatoms. The van der Waals surface area contributed by atoms with Gasteiger partial charge in [-0.05, 0) is 24.3 Å². The number of rotatable bonds is 2. The van der Waals surface area contributed by atoms with E-state index in [2.05, 4.69) is 15.3 Å². The number of carbonyl (C=O) groups is 2. The van der Waals surface area contributed by atoms with Crippen LogP contribution in [0.15, 0.2) is 59.6 Å². The van der Waals surface area contributed by atoms with E-state index in [9.17, 15) is 18.9 Å². The molecular formula is C25H27N5O7S. The first-order chi connectivity index (χ1) is 18.4. The third-order valence-electron chi connectivity index (χ3n) is 5.39. The molecule has 12 nitrogen and oxygen atoms in total. The summed E-state index contributed by atoms with van der Waals surface area (Å²) in [5, 5.41) is 12.0. The second-order valence-electron chi connectivity index (χ2n) is 8.04. The zero-order chi connectivity index (χ0) is 26.9. The molecule has 5 rings (SSSR count). The van der Waals surface area contributed by atoms with E-state index in [-0.39, 0.29) is 44.5 Å². The summed E-state index contributed by atoms with van der Waals surface area (Å²) in [5.41, 5.74) is 7.31. The normalized spacial score (nSPS) is 17.8. The molecule has 200 valence electrons. The highest BCUT2D eigenvalue weighted by Crippen LogP contribution is 2.26. The number of hydrogen-bond acceptors (Lipinski definition) is 9. The van der Waals surface area contributed by atoms with Gasteiger partial charge in [0.25, 0.3) is 5.91 Å². The molecule has 1 amide bonds. The monoisotopic (exact) mass is 541 g/mol.